The quantitative estimate of drug-likeness (QED) is 0.281. The third-order valence-corrected chi connectivity index (χ3v) is 3.84. The summed E-state index contributed by atoms with van der Waals surface area (Å²) in [5, 5.41) is 0. The number of rotatable bonds is 11. The third-order valence-electron chi connectivity index (χ3n) is 3.35. The van der Waals surface area contributed by atoms with Gasteiger partial charge in [-0.2, -0.15) is 0 Å². The minimum absolute atomic E-state index is 0.235. The second kappa shape index (κ2) is 11.6. The van der Waals surface area contributed by atoms with Crippen molar-refractivity contribution in [1.82, 2.24) is 0 Å². The molecule has 0 aliphatic heterocycles. The van der Waals surface area contributed by atoms with Crippen molar-refractivity contribution in [2.45, 2.75) is 51.4 Å². The fourth-order valence-corrected chi connectivity index (χ4v) is 2.54. The zero-order valence-electron chi connectivity index (χ0n) is 12.7. The number of allylic oxidation sites excluding steroid dienone is 1. The summed E-state index contributed by atoms with van der Waals surface area (Å²) in [5.74, 6) is -0.235. The van der Waals surface area contributed by atoms with Crippen LogP contribution < -0.4 is 0 Å². The molecule has 0 spiro atoms. The van der Waals surface area contributed by atoms with Crippen molar-refractivity contribution in [2.75, 3.05) is 6.61 Å². The van der Waals surface area contributed by atoms with Crippen LogP contribution in [0.5, 0.6) is 0 Å². The summed E-state index contributed by atoms with van der Waals surface area (Å²) < 4.78 is 6.17. The van der Waals surface area contributed by atoms with Crippen LogP contribution in [0.4, 0.5) is 0 Å². The molecule has 116 valence electrons. The minimum atomic E-state index is -0.235. The Morgan fingerprint density at radius 1 is 1.10 bits per heavy atom. The lowest BCUT2D eigenvalue weighted by Gasteiger charge is -2.05. The van der Waals surface area contributed by atoms with Crippen LogP contribution in [0.25, 0.3) is 0 Å². The summed E-state index contributed by atoms with van der Waals surface area (Å²) >= 11 is 3.35. The molecule has 0 saturated carbocycles. The lowest BCUT2D eigenvalue weighted by Crippen LogP contribution is -2.06. The van der Waals surface area contributed by atoms with E-state index in [4.69, 9.17) is 4.74 Å². The Bertz CT molecular complexity index is 429. The first kappa shape index (κ1) is 18.0. The van der Waals surface area contributed by atoms with E-state index in [9.17, 15) is 4.79 Å². The molecule has 0 aliphatic carbocycles. The van der Waals surface area contributed by atoms with E-state index in [0.717, 1.165) is 23.7 Å². The monoisotopic (exact) mass is 352 g/mol. The second-order valence-electron chi connectivity index (χ2n) is 5.20. The van der Waals surface area contributed by atoms with Gasteiger partial charge in [0.2, 0.25) is 0 Å². The van der Waals surface area contributed by atoms with Crippen LogP contribution in [0.1, 0.15) is 61.7 Å². The third kappa shape index (κ3) is 8.71. The van der Waals surface area contributed by atoms with Crippen LogP contribution in [-0.2, 0) is 4.74 Å². The average molecular weight is 353 g/mol. The Morgan fingerprint density at radius 3 is 2.43 bits per heavy atom. The normalized spacial score (nSPS) is 10.3. The maximum Gasteiger partial charge on any atom is 0.338 e. The number of benzene rings is 1. The molecule has 0 aromatic heterocycles. The molecule has 1 aromatic rings. The number of carbonyl (C=O) groups is 1. The number of hydrogen-bond acceptors (Lipinski definition) is 2. The van der Waals surface area contributed by atoms with E-state index in [2.05, 4.69) is 22.5 Å². The maximum atomic E-state index is 11.8. The first-order chi connectivity index (χ1) is 10.2. The van der Waals surface area contributed by atoms with Gasteiger partial charge < -0.3 is 4.74 Å². The van der Waals surface area contributed by atoms with E-state index in [-0.39, 0.29) is 5.97 Å². The van der Waals surface area contributed by atoms with Crippen molar-refractivity contribution >= 4 is 21.9 Å². The maximum absolute atomic E-state index is 11.8. The van der Waals surface area contributed by atoms with Crippen LogP contribution in [0.2, 0.25) is 0 Å². The average Bonchev–Trinajstić information content (AvgIpc) is 2.49. The van der Waals surface area contributed by atoms with Gasteiger partial charge in [0.1, 0.15) is 0 Å². The molecule has 0 heterocycles. The van der Waals surface area contributed by atoms with Gasteiger partial charge in [-0.05, 0) is 37.5 Å². The first-order valence-corrected chi connectivity index (χ1v) is 8.57. The highest BCUT2D eigenvalue weighted by atomic mass is 79.9. The molecule has 0 N–H and O–H groups in total. The molecule has 0 fully saturated rings. The number of carbonyl (C=O) groups excluding carboxylic acids is 1. The predicted molar refractivity (Wildman–Crippen MR) is 91.6 cm³/mol. The highest BCUT2D eigenvalue weighted by Crippen LogP contribution is 2.13. The zero-order valence-corrected chi connectivity index (χ0v) is 14.2. The molecule has 1 rings (SSSR count). The van der Waals surface area contributed by atoms with Gasteiger partial charge in [-0.1, -0.05) is 60.2 Å². The van der Waals surface area contributed by atoms with Crippen LogP contribution in [0, 0.1) is 0 Å². The van der Waals surface area contributed by atoms with Crippen molar-refractivity contribution in [1.29, 1.82) is 0 Å². The molecule has 0 radical (unpaired) electrons. The highest BCUT2D eigenvalue weighted by molar-refractivity contribution is 9.10. The molecule has 0 saturated heterocycles. The number of unbranched alkanes of at least 4 members (excludes halogenated alkanes) is 7. The summed E-state index contributed by atoms with van der Waals surface area (Å²) in [7, 11) is 0. The number of esters is 1. The van der Waals surface area contributed by atoms with Gasteiger partial charge in [0, 0.05) is 4.47 Å². The fraction of sp³-hybridized carbons (Fsp3) is 0.500. The Balaban J connectivity index is 1.99. The SMILES string of the molecule is C=CCCCCCCCCCOC(=O)c1cccc(Br)c1. The standard InChI is InChI=1S/C18H25BrO2/c1-2-3-4-5-6-7-8-9-10-14-21-18(20)16-12-11-13-17(19)15-16/h2,11-13,15H,1,3-10,14H2. The van der Waals surface area contributed by atoms with Gasteiger partial charge in [0.05, 0.1) is 12.2 Å². The fourth-order valence-electron chi connectivity index (χ4n) is 2.14. The summed E-state index contributed by atoms with van der Waals surface area (Å²) in [5.41, 5.74) is 0.603. The van der Waals surface area contributed by atoms with E-state index in [1.54, 1.807) is 12.1 Å². The number of hydrogen-bond donors (Lipinski definition) is 0. The number of ether oxygens (including phenoxy) is 1. The van der Waals surface area contributed by atoms with Gasteiger partial charge in [0.25, 0.3) is 0 Å². The van der Waals surface area contributed by atoms with Gasteiger partial charge in [0.15, 0.2) is 0 Å². The van der Waals surface area contributed by atoms with Crippen molar-refractivity contribution in [3.05, 3.63) is 47.0 Å². The molecule has 1 aromatic carbocycles. The molecule has 0 amide bonds. The molecule has 0 atom stereocenters. The van der Waals surface area contributed by atoms with Gasteiger partial charge in [-0.25, -0.2) is 4.79 Å². The van der Waals surface area contributed by atoms with Gasteiger partial charge in [-0.15, -0.1) is 6.58 Å². The molecule has 0 unspecified atom stereocenters. The summed E-state index contributed by atoms with van der Waals surface area (Å²) in [4.78, 5) is 11.8. The van der Waals surface area contributed by atoms with Crippen LogP contribution in [-0.4, -0.2) is 12.6 Å². The van der Waals surface area contributed by atoms with Crippen LogP contribution >= 0.6 is 15.9 Å². The molecule has 0 aliphatic rings. The minimum Gasteiger partial charge on any atom is -0.462 e. The lowest BCUT2D eigenvalue weighted by molar-refractivity contribution is 0.0497. The van der Waals surface area contributed by atoms with E-state index in [1.807, 2.05) is 18.2 Å². The van der Waals surface area contributed by atoms with Gasteiger partial charge in [-0.3, -0.25) is 0 Å². The van der Waals surface area contributed by atoms with Crippen molar-refractivity contribution in [3.63, 3.8) is 0 Å². The smallest absolute Gasteiger partial charge is 0.338 e. The summed E-state index contributed by atoms with van der Waals surface area (Å²) in [6.07, 6.45) is 11.5. The van der Waals surface area contributed by atoms with Crippen molar-refractivity contribution in [2.24, 2.45) is 0 Å². The van der Waals surface area contributed by atoms with Crippen molar-refractivity contribution in [3.8, 4) is 0 Å². The predicted octanol–water partition coefficient (Wildman–Crippen LogP) is 5.91. The van der Waals surface area contributed by atoms with E-state index in [1.165, 1.54) is 32.1 Å². The van der Waals surface area contributed by atoms with Crippen molar-refractivity contribution < 1.29 is 9.53 Å². The van der Waals surface area contributed by atoms with Crippen LogP contribution in [0.15, 0.2) is 41.4 Å². The lowest BCUT2D eigenvalue weighted by atomic mass is 10.1. The topological polar surface area (TPSA) is 26.3 Å². The van der Waals surface area contributed by atoms with Gasteiger partial charge >= 0.3 is 5.97 Å². The highest BCUT2D eigenvalue weighted by Gasteiger charge is 2.06. The summed E-state index contributed by atoms with van der Waals surface area (Å²) in [6.45, 7) is 4.24. The molecule has 0 bridgehead atoms. The Hall–Kier alpha value is -1.09. The number of halogens is 1. The molecule has 2 nitrogen and oxygen atoms in total. The molecular formula is C18H25BrO2. The Kier molecular flexibility index (Phi) is 9.88. The summed E-state index contributed by atoms with van der Waals surface area (Å²) in [6, 6.07) is 7.29. The molecule has 3 heteroatoms. The van der Waals surface area contributed by atoms with E-state index < -0.39 is 0 Å². The second-order valence-corrected chi connectivity index (χ2v) is 6.11. The molecular weight excluding hydrogens is 328 g/mol. The van der Waals surface area contributed by atoms with E-state index >= 15 is 0 Å². The van der Waals surface area contributed by atoms with Crippen LogP contribution in [0.3, 0.4) is 0 Å². The zero-order chi connectivity index (χ0) is 15.3. The first-order valence-electron chi connectivity index (χ1n) is 7.77. The largest absolute Gasteiger partial charge is 0.462 e. The Labute approximate surface area is 136 Å². The molecule has 21 heavy (non-hydrogen) atoms. The Morgan fingerprint density at radius 2 is 1.76 bits per heavy atom. The van der Waals surface area contributed by atoms with E-state index in [0.29, 0.717) is 12.2 Å².